The van der Waals surface area contributed by atoms with Crippen molar-refractivity contribution in [3.63, 3.8) is 0 Å². The van der Waals surface area contributed by atoms with Gasteiger partial charge < -0.3 is 21.1 Å². The lowest BCUT2D eigenvalue weighted by atomic mass is 10.3. The largest absolute Gasteiger partial charge is 0.395 e. The first-order valence-electron chi connectivity index (χ1n) is 7.04. The SMILES string of the molecule is CCCCN(CCO)C(=O)c1sc(NCCC)nc1N. The van der Waals surface area contributed by atoms with Gasteiger partial charge in [-0.2, -0.15) is 0 Å². The van der Waals surface area contributed by atoms with E-state index in [0.717, 1.165) is 25.8 Å². The van der Waals surface area contributed by atoms with Crippen LogP contribution in [0.4, 0.5) is 10.9 Å². The molecule has 7 heteroatoms. The van der Waals surface area contributed by atoms with Gasteiger partial charge in [0.1, 0.15) is 10.7 Å². The number of carbonyl (C=O) groups excluding carboxylic acids is 1. The Morgan fingerprint density at radius 2 is 2.15 bits per heavy atom. The zero-order valence-corrected chi connectivity index (χ0v) is 13.0. The number of hydrogen-bond acceptors (Lipinski definition) is 6. The second-order valence-corrected chi connectivity index (χ2v) is 5.53. The summed E-state index contributed by atoms with van der Waals surface area (Å²) in [6.45, 7) is 5.84. The van der Waals surface area contributed by atoms with E-state index in [9.17, 15) is 4.79 Å². The molecule has 1 heterocycles. The molecule has 0 aliphatic carbocycles. The number of anilines is 2. The molecular weight excluding hydrogens is 276 g/mol. The van der Waals surface area contributed by atoms with Crippen LogP contribution in [-0.2, 0) is 0 Å². The second-order valence-electron chi connectivity index (χ2n) is 4.53. The van der Waals surface area contributed by atoms with E-state index < -0.39 is 0 Å². The molecule has 0 bridgehead atoms. The first-order valence-corrected chi connectivity index (χ1v) is 7.85. The topological polar surface area (TPSA) is 91.5 Å². The Kier molecular flexibility index (Phi) is 7.32. The van der Waals surface area contributed by atoms with Crippen molar-refractivity contribution in [2.75, 3.05) is 37.3 Å². The summed E-state index contributed by atoms with van der Waals surface area (Å²) >= 11 is 1.28. The highest BCUT2D eigenvalue weighted by atomic mass is 32.1. The lowest BCUT2D eigenvalue weighted by molar-refractivity contribution is 0.0725. The number of nitrogens with two attached hydrogens (primary N) is 1. The second kappa shape index (κ2) is 8.76. The average molecular weight is 300 g/mol. The highest BCUT2D eigenvalue weighted by Crippen LogP contribution is 2.26. The van der Waals surface area contributed by atoms with Crippen LogP contribution in [0.25, 0.3) is 0 Å². The minimum Gasteiger partial charge on any atom is -0.395 e. The number of rotatable bonds is 9. The third kappa shape index (κ3) is 4.64. The first-order chi connectivity index (χ1) is 9.63. The van der Waals surface area contributed by atoms with Crippen molar-refractivity contribution in [1.82, 2.24) is 9.88 Å². The molecule has 0 aliphatic rings. The van der Waals surface area contributed by atoms with Gasteiger partial charge >= 0.3 is 0 Å². The van der Waals surface area contributed by atoms with E-state index in [-0.39, 0.29) is 18.3 Å². The number of nitrogens with one attached hydrogen (secondary N) is 1. The van der Waals surface area contributed by atoms with Crippen molar-refractivity contribution in [2.24, 2.45) is 0 Å². The zero-order valence-electron chi connectivity index (χ0n) is 12.2. The molecule has 1 aromatic rings. The molecule has 1 amide bonds. The quantitative estimate of drug-likeness (QED) is 0.646. The van der Waals surface area contributed by atoms with Gasteiger partial charge in [-0.05, 0) is 12.8 Å². The van der Waals surface area contributed by atoms with Gasteiger partial charge in [0.15, 0.2) is 5.13 Å². The van der Waals surface area contributed by atoms with Gasteiger partial charge in [-0.3, -0.25) is 4.79 Å². The third-order valence-electron chi connectivity index (χ3n) is 2.81. The summed E-state index contributed by atoms with van der Waals surface area (Å²) in [5.74, 6) is 0.116. The maximum absolute atomic E-state index is 12.4. The van der Waals surface area contributed by atoms with Gasteiger partial charge in [-0.1, -0.05) is 31.6 Å². The molecule has 0 aliphatic heterocycles. The summed E-state index contributed by atoms with van der Waals surface area (Å²) in [7, 11) is 0. The number of nitrogens with zero attached hydrogens (tertiary/aromatic N) is 2. The van der Waals surface area contributed by atoms with E-state index in [0.29, 0.717) is 23.1 Å². The highest BCUT2D eigenvalue weighted by Gasteiger charge is 2.21. The number of carbonyl (C=O) groups is 1. The standard InChI is InChI=1S/C13H24N4O2S/c1-3-5-7-17(8-9-18)12(19)10-11(14)16-13(20-10)15-6-4-2/h18H,3-9,14H2,1-2H3,(H,15,16). The van der Waals surface area contributed by atoms with Gasteiger partial charge in [0, 0.05) is 19.6 Å². The summed E-state index contributed by atoms with van der Waals surface area (Å²) in [6, 6.07) is 0. The smallest absolute Gasteiger partial charge is 0.267 e. The molecule has 0 atom stereocenters. The van der Waals surface area contributed by atoms with Crippen molar-refractivity contribution < 1.29 is 9.90 Å². The molecule has 0 saturated carbocycles. The van der Waals surface area contributed by atoms with Crippen LogP contribution in [0.15, 0.2) is 0 Å². The molecular formula is C13H24N4O2S. The van der Waals surface area contributed by atoms with E-state index >= 15 is 0 Å². The Hall–Kier alpha value is -1.34. The third-order valence-corrected chi connectivity index (χ3v) is 3.83. The molecule has 1 rings (SSSR count). The number of aliphatic hydroxyl groups excluding tert-OH is 1. The Morgan fingerprint density at radius 3 is 2.75 bits per heavy atom. The molecule has 20 heavy (non-hydrogen) atoms. The van der Waals surface area contributed by atoms with Crippen LogP contribution in [-0.4, -0.2) is 47.1 Å². The molecule has 0 spiro atoms. The number of unbranched alkanes of at least 4 members (excludes halogenated alkanes) is 1. The Morgan fingerprint density at radius 1 is 1.40 bits per heavy atom. The molecule has 0 aromatic carbocycles. The van der Waals surface area contributed by atoms with Crippen molar-refractivity contribution in [1.29, 1.82) is 0 Å². The van der Waals surface area contributed by atoms with Crippen molar-refractivity contribution in [3.05, 3.63) is 4.88 Å². The van der Waals surface area contributed by atoms with E-state index in [4.69, 9.17) is 10.8 Å². The molecule has 0 unspecified atom stereocenters. The fraction of sp³-hybridized carbons (Fsp3) is 0.692. The predicted molar refractivity (Wildman–Crippen MR) is 83.2 cm³/mol. The number of nitrogen functional groups attached to an aromatic ring is 1. The van der Waals surface area contributed by atoms with Gasteiger partial charge in [0.25, 0.3) is 5.91 Å². The summed E-state index contributed by atoms with van der Waals surface area (Å²) in [4.78, 5) is 18.7. The maximum Gasteiger partial charge on any atom is 0.267 e. The van der Waals surface area contributed by atoms with Gasteiger partial charge in [0.2, 0.25) is 0 Å². The monoisotopic (exact) mass is 300 g/mol. The summed E-state index contributed by atoms with van der Waals surface area (Å²) in [5, 5.41) is 12.9. The molecule has 1 aromatic heterocycles. The van der Waals surface area contributed by atoms with E-state index in [1.54, 1.807) is 4.90 Å². The van der Waals surface area contributed by atoms with Crippen LogP contribution < -0.4 is 11.1 Å². The number of amides is 1. The Labute approximate surface area is 124 Å². The van der Waals surface area contributed by atoms with Gasteiger partial charge in [-0.25, -0.2) is 4.98 Å². The minimum absolute atomic E-state index is 0.0465. The molecule has 0 fully saturated rings. The summed E-state index contributed by atoms with van der Waals surface area (Å²) < 4.78 is 0. The number of hydrogen-bond donors (Lipinski definition) is 3. The van der Waals surface area contributed by atoms with Crippen molar-refractivity contribution in [3.8, 4) is 0 Å². The van der Waals surface area contributed by atoms with E-state index in [1.807, 2.05) is 0 Å². The fourth-order valence-electron chi connectivity index (χ4n) is 1.72. The normalized spacial score (nSPS) is 10.6. The fourth-order valence-corrected chi connectivity index (χ4v) is 2.60. The van der Waals surface area contributed by atoms with Crippen LogP contribution >= 0.6 is 11.3 Å². The Balaban J connectivity index is 2.79. The number of aromatic nitrogens is 1. The molecule has 0 radical (unpaired) electrons. The predicted octanol–water partition coefficient (Wildman–Crippen LogP) is 1.78. The van der Waals surface area contributed by atoms with E-state index in [2.05, 4.69) is 24.1 Å². The number of thiazole rings is 1. The summed E-state index contributed by atoms with van der Waals surface area (Å²) in [5.41, 5.74) is 5.83. The van der Waals surface area contributed by atoms with Crippen molar-refractivity contribution >= 4 is 28.2 Å². The summed E-state index contributed by atoms with van der Waals surface area (Å²) in [6.07, 6.45) is 2.89. The minimum atomic E-state index is -0.146. The van der Waals surface area contributed by atoms with Crippen LogP contribution in [0.2, 0.25) is 0 Å². The Bertz CT molecular complexity index is 423. The van der Waals surface area contributed by atoms with Gasteiger partial charge in [-0.15, -0.1) is 0 Å². The van der Waals surface area contributed by atoms with E-state index in [1.165, 1.54) is 11.3 Å². The van der Waals surface area contributed by atoms with Crippen LogP contribution in [0.3, 0.4) is 0 Å². The maximum atomic E-state index is 12.4. The van der Waals surface area contributed by atoms with Crippen LogP contribution in [0.1, 0.15) is 42.8 Å². The lowest BCUT2D eigenvalue weighted by Crippen LogP contribution is -2.34. The zero-order chi connectivity index (χ0) is 15.0. The molecule has 114 valence electrons. The van der Waals surface area contributed by atoms with Crippen LogP contribution in [0, 0.1) is 0 Å². The van der Waals surface area contributed by atoms with Crippen LogP contribution in [0.5, 0.6) is 0 Å². The highest BCUT2D eigenvalue weighted by molar-refractivity contribution is 7.18. The molecule has 0 saturated heterocycles. The average Bonchev–Trinajstić information content (AvgIpc) is 2.81. The van der Waals surface area contributed by atoms with Crippen molar-refractivity contribution in [2.45, 2.75) is 33.1 Å². The first kappa shape index (κ1) is 16.7. The van der Waals surface area contributed by atoms with Gasteiger partial charge in [0.05, 0.1) is 6.61 Å². The molecule has 6 nitrogen and oxygen atoms in total. The lowest BCUT2D eigenvalue weighted by Gasteiger charge is -2.20. The molecule has 4 N–H and O–H groups in total. The number of aliphatic hydroxyl groups is 1.